The SMILES string of the molecule is CN(C1CCC(N)CC1)S(=O)(=O)c1ccc(C#N)c(Cl)c1. The summed E-state index contributed by atoms with van der Waals surface area (Å²) in [5.74, 6) is 0. The molecule has 2 N–H and O–H groups in total. The van der Waals surface area contributed by atoms with Gasteiger partial charge in [-0.25, -0.2) is 8.42 Å². The van der Waals surface area contributed by atoms with Crippen LogP contribution in [0, 0.1) is 11.3 Å². The van der Waals surface area contributed by atoms with Crippen LogP contribution < -0.4 is 5.73 Å². The van der Waals surface area contributed by atoms with Crippen molar-refractivity contribution in [1.29, 1.82) is 5.26 Å². The molecule has 1 aromatic rings. The summed E-state index contributed by atoms with van der Waals surface area (Å²) in [7, 11) is -2.02. The lowest BCUT2D eigenvalue weighted by Gasteiger charge is -2.32. The van der Waals surface area contributed by atoms with Crippen molar-refractivity contribution in [3.63, 3.8) is 0 Å². The van der Waals surface area contributed by atoms with Crippen LogP contribution in [0.15, 0.2) is 23.1 Å². The van der Waals surface area contributed by atoms with Crippen molar-refractivity contribution in [1.82, 2.24) is 4.31 Å². The highest BCUT2D eigenvalue weighted by Crippen LogP contribution is 2.28. The molecule has 1 fully saturated rings. The summed E-state index contributed by atoms with van der Waals surface area (Å²) in [6.07, 6.45) is 3.19. The van der Waals surface area contributed by atoms with Gasteiger partial charge in [0.1, 0.15) is 6.07 Å². The Morgan fingerprint density at radius 2 is 1.95 bits per heavy atom. The maximum Gasteiger partial charge on any atom is 0.243 e. The van der Waals surface area contributed by atoms with E-state index >= 15 is 0 Å². The first kappa shape index (κ1) is 16.2. The van der Waals surface area contributed by atoms with Gasteiger partial charge in [-0.3, -0.25) is 0 Å². The largest absolute Gasteiger partial charge is 0.328 e. The predicted octanol–water partition coefficient (Wildman–Crippen LogP) is 2.10. The van der Waals surface area contributed by atoms with Crippen LogP contribution >= 0.6 is 11.6 Å². The molecule has 2 rings (SSSR count). The molecule has 0 aromatic heterocycles. The molecule has 0 bridgehead atoms. The molecule has 0 amide bonds. The van der Waals surface area contributed by atoms with Gasteiger partial charge in [-0.1, -0.05) is 11.6 Å². The van der Waals surface area contributed by atoms with Gasteiger partial charge >= 0.3 is 0 Å². The van der Waals surface area contributed by atoms with E-state index in [-0.39, 0.29) is 27.6 Å². The summed E-state index contributed by atoms with van der Waals surface area (Å²) in [6.45, 7) is 0. The zero-order valence-electron chi connectivity index (χ0n) is 11.8. The molecule has 0 unspecified atom stereocenters. The molecule has 0 spiro atoms. The highest BCUT2D eigenvalue weighted by Gasteiger charge is 2.30. The summed E-state index contributed by atoms with van der Waals surface area (Å²) in [5.41, 5.74) is 6.12. The number of hydrogen-bond donors (Lipinski definition) is 1. The third-order valence-electron chi connectivity index (χ3n) is 3.99. The zero-order valence-corrected chi connectivity index (χ0v) is 13.4. The molecule has 1 saturated carbocycles. The van der Waals surface area contributed by atoms with E-state index in [4.69, 9.17) is 22.6 Å². The fourth-order valence-electron chi connectivity index (χ4n) is 2.57. The van der Waals surface area contributed by atoms with E-state index in [0.717, 1.165) is 25.7 Å². The van der Waals surface area contributed by atoms with E-state index in [2.05, 4.69) is 0 Å². The molecule has 0 aliphatic heterocycles. The number of nitriles is 1. The molecule has 1 aliphatic rings. The lowest BCUT2D eigenvalue weighted by atomic mass is 9.92. The summed E-state index contributed by atoms with van der Waals surface area (Å²) >= 11 is 5.92. The Labute approximate surface area is 130 Å². The average Bonchev–Trinajstić information content (AvgIpc) is 2.47. The lowest BCUT2D eigenvalue weighted by Crippen LogP contribution is -2.41. The maximum absolute atomic E-state index is 12.6. The molecule has 7 heteroatoms. The average molecular weight is 328 g/mol. The minimum atomic E-state index is -3.60. The lowest BCUT2D eigenvalue weighted by molar-refractivity contribution is 0.268. The fraction of sp³-hybridized carbons (Fsp3) is 0.500. The second kappa shape index (κ2) is 6.32. The monoisotopic (exact) mass is 327 g/mol. The van der Waals surface area contributed by atoms with Gasteiger partial charge in [0.05, 0.1) is 15.5 Å². The first-order chi connectivity index (χ1) is 9.86. The summed E-state index contributed by atoms with van der Waals surface area (Å²) in [6, 6.07) is 6.23. The van der Waals surface area contributed by atoms with Crippen LogP contribution in [0.5, 0.6) is 0 Å². The number of rotatable bonds is 3. The van der Waals surface area contributed by atoms with Crippen LogP contribution in [-0.2, 0) is 10.0 Å². The quantitative estimate of drug-likeness (QED) is 0.921. The Morgan fingerprint density at radius 1 is 1.33 bits per heavy atom. The van der Waals surface area contributed by atoms with Crippen molar-refractivity contribution in [2.75, 3.05) is 7.05 Å². The van der Waals surface area contributed by atoms with Crippen LogP contribution in [-0.4, -0.2) is 31.9 Å². The normalized spacial score (nSPS) is 23.0. The Hall–Kier alpha value is -1.13. The molecule has 0 saturated heterocycles. The Morgan fingerprint density at radius 3 is 2.48 bits per heavy atom. The topological polar surface area (TPSA) is 87.2 Å². The highest BCUT2D eigenvalue weighted by atomic mass is 35.5. The summed E-state index contributed by atoms with van der Waals surface area (Å²) in [5, 5.41) is 8.99. The van der Waals surface area contributed by atoms with Crippen LogP contribution in [0.3, 0.4) is 0 Å². The number of nitrogens with zero attached hydrogens (tertiary/aromatic N) is 2. The standard InChI is InChI=1S/C14H18ClN3O2S/c1-18(12-5-3-11(17)4-6-12)21(19,20)13-7-2-10(9-16)14(15)8-13/h2,7-8,11-12H,3-6,17H2,1H3. The van der Waals surface area contributed by atoms with Crippen LogP contribution in [0.1, 0.15) is 31.2 Å². The van der Waals surface area contributed by atoms with Gasteiger partial charge in [0.25, 0.3) is 0 Å². The van der Waals surface area contributed by atoms with Crippen LogP contribution in [0.2, 0.25) is 5.02 Å². The molecular formula is C14H18ClN3O2S. The van der Waals surface area contributed by atoms with Crippen molar-refractivity contribution >= 4 is 21.6 Å². The molecule has 1 aliphatic carbocycles. The highest BCUT2D eigenvalue weighted by molar-refractivity contribution is 7.89. The van der Waals surface area contributed by atoms with Crippen molar-refractivity contribution in [2.24, 2.45) is 5.73 Å². The van der Waals surface area contributed by atoms with Crippen molar-refractivity contribution in [2.45, 2.75) is 42.7 Å². The van der Waals surface area contributed by atoms with E-state index in [0.29, 0.717) is 0 Å². The molecule has 21 heavy (non-hydrogen) atoms. The van der Waals surface area contributed by atoms with Gasteiger partial charge in [-0.05, 0) is 43.9 Å². The molecule has 114 valence electrons. The fourth-order valence-corrected chi connectivity index (χ4v) is 4.30. The Kier molecular flexibility index (Phi) is 4.89. The molecular weight excluding hydrogens is 310 g/mol. The van der Waals surface area contributed by atoms with E-state index in [1.54, 1.807) is 7.05 Å². The van der Waals surface area contributed by atoms with Gasteiger partial charge in [-0.15, -0.1) is 0 Å². The van der Waals surface area contributed by atoms with Gasteiger partial charge in [0.2, 0.25) is 10.0 Å². The first-order valence-corrected chi connectivity index (χ1v) is 8.61. The molecule has 1 aromatic carbocycles. The third-order valence-corrected chi connectivity index (χ3v) is 6.21. The number of nitrogens with two attached hydrogens (primary N) is 1. The predicted molar refractivity (Wildman–Crippen MR) is 81.3 cm³/mol. The third kappa shape index (κ3) is 3.38. The summed E-state index contributed by atoms with van der Waals surface area (Å²) < 4.78 is 26.6. The molecule has 5 nitrogen and oxygen atoms in total. The molecule has 0 heterocycles. The second-order valence-electron chi connectivity index (χ2n) is 5.34. The first-order valence-electron chi connectivity index (χ1n) is 6.79. The number of halogens is 1. The van der Waals surface area contributed by atoms with Crippen LogP contribution in [0.25, 0.3) is 0 Å². The van der Waals surface area contributed by atoms with Crippen molar-refractivity contribution < 1.29 is 8.42 Å². The summed E-state index contributed by atoms with van der Waals surface area (Å²) in [4.78, 5) is 0.115. The van der Waals surface area contributed by atoms with E-state index in [9.17, 15) is 8.42 Å². The second-order valence-corrected chi connectivity index (χ2v) is 7.75. The van der Waals surface area contributed by atoms with Crippen molar-refractivity contribution in [3.8, 4) is 6.07 Å². The smallest absolute Gasteiger partial charge is 0.243 e. The van der Waals surface area contributed by atoms with E-state index in [1.165, 1.54) is 22.5 Å². The van der Waals surface area contributed by atoms with Gasteiger partial charge in [-0.2, -0.15) is 9.57 Å². The van der Waals surface area contributed by atoms with E-state index in [1.807, 2.05) is 6.07 Å². The Balaban J connectivity index is 2.25. The molecule has 0 atom stereocenters. The number of benzene rings is 1. The Bertz CT molecular complexity index is 661. The van der Waals surface area contributed by atoms with Crippen LogP contribution in [0.4, 0.5) is 0 Å². The van der Waals surface area contributed by atoms with Gasteiger partial charge in [0.15, 0.2) is 0 Å². The maximum atomic E-state index is 12.6. The van der Waals surface area contributed by atoms with E-state index < -0.39 is 10.0 Å². The minimum absolute atomic E-state index is 0.0378. The molecule has 0 radical (unpaired) electrons. The number of hydrogen-bond acceptors (Lipinski definition) is 4. The zero-order chi connectivity index (χ0) is 15.6. The van der Waals surface area contributed by atoms with Gasteiger partial charge in [0, 0.05) is 19.1 Å². The van der Waals surface area contributed by atoms with Gasteiger partial charge < -0.3 is 5.73 Å². The van der Waals surface area contributed by atoms with Crippen molar-refractivity contribution in [3.05, 3.63) is 28.8 Å². The minimum Gasteiger partial charge on any atom is -0.328 e. The number of sulfonamides is 1.